The number of sulfonamides is 1. The Kier molecular flexibility index (Phi) is 3.68. The number of primary sulfonamides is 1. The Morgan fingerprint density at radius 2 is 2.20 bits per heavy atom. The van der Waals surface area contributed by atoms with Gasteiger partial charge in [0.1, 0.15) is 5.75 Å². The number of ether oxygens (including phenoxy) is 1. The van der Waals surface area contributed by atoms with Crippen LogP contribution in [-0.2, 0) is 10.0 Å². The van der Waals surface area contributed by atoms with E-state index in [1.54, 1.807) is 0 Å². The van der Waals surface area contributed by atoms with Crippen molar-refractivity contribution in [1.29, 1.82) is 0 Å². The van der Waals surface area contributed by atoms with Crippen molar-refractivity contribution in [2.75, 3.05) is 12.4 Å². The summed E-state index contributed by atoms with van der Waals surface area (Å²) >= 11 is 0. The third kappa shape index (κ3) is 2.92. The molecule has 0 unspecified atom stereocenters. The van der Waals surface area contributed by atoms with Crippen LogP contribution < -0.4 is 15.2 Å². The first-order valence-corrected chi connectivity index (χ1v) is 6.84. The van der Waals surface area contributed by atoms with Gasteiger partial charge in [-0.3, -0.25) is 4.79 Å². The summed E-state index contributed by atoms with van der Waals surface area (Å²) < 4.78 is 27.6. The maximum absolute atomic E-state index is 11.8. The number of hydrogen-bond donors (Lipinski definition) is 3. The van der Waals surface area contributed by atoms with E-state index in [2.05, 4.69) is 20.7 Å². The van der Waals surface area contributed by atoms with Crippen molar-refractivity contribution in [1.82, 2.24) is 15.4 Å². The number of hydrogen-bond acceptors (Lipinski definition) is 6. The van der Waals surface area contributed by atoms with Gasteiger partial charge < -0.3 is 10.1 Å². The van der Waals surface area contributed by atoms with E-state index in [0.29, 0.717) is 0 Å². The van der Waals surface area contributed by atoms with Crippen LogP contribution in [-0.4, -0.2) is 36.8 Å². The molecule has 10 heteroatoms. The molecule has 0 radical (unpaired) electrons. The number of nitrogens with zero attached hydrogens (tertiary/aromatic N) is 2. The van der Waals surface area contributed by atoms with Crippen LogP contribution in [0.25, 0.3) is 0 Å². The zero-order valence-corrected chi connectivity index (χ0v) is 11.1. The lowest BCUT2D eigenvalue weighted by Gasteiger charge is -2.10. The minimum absolute atomic E-state index is 0.0491. The molecule has 20 heavy (non-hydrogen) atoms. The summed E-state index contributed by atoms with van der Waals surface area (Å²) in [6, 6.07) is 3.87. The Labute approximate surface area is 114 Å². The highest BCUT2D eigenvalue weighted by atomic mass is 32.2. The Balaban J connectivity index is 2.37. The molecule has 9 nitrogen and oxygen atoms in total. The van der Waals surface area contributed by atoms with Crippen molar-refractivity contribution in [3.8, 4) is 5.75 Å². The number of carbonyl (C=O) groups excluding carboxylic acids is 1. The molecule has 106 valence electrons. The summed E-state index contributed by atoms with van der Waals surface area (Å²) in [5.41, 5.74) is 0.208. The van der Waals surface area contributed by atoms with Crippen molar-refractivity contribution in [2.45, 2.75) is 4.90 Å². The third-order valence-corrected chi connectivity index (χ3v) is 3.31. The summed E-state index contributed by atoms with van der Waals surface area (Å²) in [6.45, 7) is 0. The molecule has 1 aromatic heterocycles. The van der Waals surface area contributed by atoms with Crippen molar-refractivity contribution in [3.05, 3.63) is 30.1 Å². The minimum Gasteiger partial charge on any atom is -0.495 e. The molecule has 0 fully saturated rings. The normalized spacial score (nSPS) is 11.1. The monoisotopic (exact) mass is 297 g/mol. The standard InChI is InChI=1S/C10H11N5O4S/c1-19-9-3-2-6(20(11,17)18)4-7(9)13-10(16)8-5-12-15-14-8/h2-5H,1H3,(H,13,16)(H2,11,17,18)(H,12,14,15). The number of aromatic nitrogens is 3. The number of nitrogens with two attached hydrogens (primary N) is 1. The van der Waals surface area contributed by atoms with Gasteiger partial charge in [0, 0.05) is 0 Å². The van der Waals surface area contributed by atoms with Crippen LogP contribution in [0.2, 0.25) is 0 Å². The van der Waals surface area contributed by atoms with Crippen LogP contribution in [0.15, 0.2) is 29.3 Å². The maximum Gasteiger partial charge on any atom is 0.277 e. The zero-order valence-electron chi connectivity index (χ0n) is 10.3. The van der Waals surface area contributed by atoms with Crippen molar-refractivity contribution in [2.24, 2.45) is 5.14 Å². The summed E-state index contributed by atoms with van der Waals surface area (Å²) in [4.78, 5) is 11.7. The van der Waals surface area contributed by atoms with E-state index in [9.17, 15) is 13.2 Å². The zero-order chi connectivity index (χ0) is 14.8. The second-order valence-corrected chi connectivity index (χ2v) is 5.28. The molecular weight excluding hydrogens is 286 g/mol. The van der Waals surface area contributed by atoms with Crippen LogP contribution >= 0.6 is 0 Å². The van der Waals surface area contributed by atoms with Crippen LogP contribution in [0, 0.1) is 0 Å². The quantitative estimate of drug-likeness (QED) is 0.708. The van der Waals surface area contributed by atoms with Crippen LogP contribution in [0.5, 0.6) is 5.75 Å². The maximum atomic E-state index is 11.8. The number of H-pyrrole nitrogens is 1. The van der Waals surface area contributed by atoms with Crippen molar-refractivity contribution in [3.63, 3.8) is 0 Å². The van der Waals surface area contributed by atoms with E-state index >= 15 is 0 Å². The SMILES string of the molecule is COc1ccc(S(N)(=O)=O)cc1NC(=O)c1cn[nH]n1. The largest absolute Gasteiger partial charge is 0.495 e. The smallest absolute Gasteiger partial charge is 0.277 e. The molecule has 1 aromatic carbocycles. The average Bonchev–Trinajstić information content (AvgIpc) is 2.91. The van der Waals surface area contributed by atoms with Crippen LogP contribution in [0.3, 0.4) is 0 Å². The van der Waals surface area contributed by atoms with Gasteiger partial charge in [0.05, 0.1) is 23.9 Å². The summed E-state index contributed by atoms with van der Waals surface area (Å²) in [6.07, 6.45) is 1.23. The molecule has 4 N–H and O–H groups in total. The second-order valence-electron chi connectivity index (χ2n) is 3.72. The molecule has 0 atom stereocenters. The molecule has 0 aliphatic carbocycles. The second kappa shape index (κ2) is 5.27. The lowest BCUT2D eigenvalue weighted by molar-refractivity contribution is 0.102. The van der Waals surface area contributed by atoms with E-state index in [0.717, 1.165) is 0 Å². The van der Waals surface area contributed by atoms with Gasteiger partial charge in [-0.1, -0.05) is 0 Å². The molecular formula is C10H11N5O4S. The third-order valence-electron chi connectivity index (χ3n) is 2.40. The number of rotatable bonds is 4. The summed E-state index contributed by atoms with van der Waals surface area (Å²) in [5, 5.41) is 16.9. The molecule has 0 aliphatic heterocycles. The number of nitrogens with one attached hydrogen (secondary N) is 2. The van der Waals surface area contributed by atoms with Gasteiger partial charge in [-0.2, -0.15) is 15.4 Å². The fourth-order valence-corrected chi connectivity index (χ4v) is 2.00. The molecule has 0 saturated heterocycles. The van der Waals surface area contributed by atoms with E-state index in [4.69, 9.17) is 9.88 Å². The van der Waals surface area contributed by atoms with Gasteiger partial charge in [-0.15, -0.1) is 0 Å². The first-order valence-electron chi connectivity index (χ1n) is 5.30. The van der Waals surface area contributed by atoms with Gasteiger partial charge in [-0.25, -0.2) is 13.6 Å². The highest BCUT2D eigenvalue weighted by Gasteiger charge is 2.15. The van der Waals surface area contributed by atoms with Crippen molar-refractivity contribution >= 4 is 21.6 Å². The Morgan fingerprint density at radius 1 is 1.45 bits per heavy atom. The number of methoxy groups -OCH3 is 1. The highest BCUT2D eigenvalue weighted by Crippen LogP contribution is 2.27. The van der Waals surface area contributed by atoms with Gasteiger partial charge in [0.2, 0.25) is 10.0 Å². The van der Waals surface area contributed by atoms with E-state index in [1.807, 2.05) is 0 Å². The van der Waals surface area contributed by atoms with E-state index < -0.39 is 15.9 Å². The Hall–Kier alpha value is -2.46. The summed E-state index contributed by atoms with van der Waals surface area (Å²) in [5.74, 6) is -0.280. The Morgan fingerprint density at radius 3 is 2.75 bits per heavy atom. The molecule has 2 rings (SSSR count). The predicted octanol–water partition coefficient (Wildman–Crippen LogP) is -0.287. The van der Waals surface area contributed by atoms with Crippen LogP contribution in [0.1, 0.15) is 10.5 Å². The predicted molar refractivity (Wildman–Crippen MR) is 68.7 cm³/mol. The number of carbonyl (C=O) groups is 1. The molecule has 0 spiro atoms. The van der Waals surface area contributed by atoms with Gasteiger partial charge in [0.25, 0.3) is 5.91 Å². The molecule has 0 bridgehead atoms. The molecule has 0 saturated carbocycles. The number of amides is 1. The molecule has 1 amide bonds. The van der Waals surface area contributed by atoms with E-state index in [1.165, 1.54) is 31.5 Å². The van der Waals surface area contributed by atoms with Gasteiger partial charge >= 0.3 is 0 Å². The number of anilines is 1. The lowest BCUT2D eigenvalue weighted by atomic mass is 10.3. The molecule has 1 heterocycles. The highest BCUT2D eigenvalue weighted by molar-refractivity contribution is 7.89. The minimum atomic E-state index is -3.88. The Bertz CT molecular complexity index is 726. The average molecular weight is 297 g/mol. The fourth-order valence-electron chi connectivity index (χ4n) is 1.46. The topological polar surface area (TPSA) is 140 Å². The summed E-state index contributed by atoms with van der Waals surface area (Å²) in [7, 11) is -2.49. The fraction of sp³-hybridized carbons (Fsp3) is 0.100. The van der Waals surface area contributed by atoms with Crippen molar-refractivity contribution < 1.29 is 17.9 Å². The number of aromatic amines is 1. The molecule has 2 aromatic rings. The van der Waals surface area contributed by atoms with Crippen LogP contribution in [0.4, 0.5) is 5.69 Å². The first kappa shape index (κ1) is 14.0. The lowest BCUT2D eigenvalue weighted by Crippen LogP contribution is -2.16. The molecule has 0 aliphatic rings. The number of benzene rings is 1. The van der Waals surface area contributed by atoms with Gasteiger partial charge in [0.15, 0.2) is 5.69 Å². The van der Waals surface area contributed by atoms with E-state index in [-0.39, 0.29) is 22.0 Å². The first-order chi connectivity index (χ1) is 9.41. The van der Waals surface area contributed by atoms with Gasteiger partial charge in [-0.05, 0) is 18.2 Å².